The lowest BCUT2D eigenvalue weighted by Gasteiger charge is -2.10. The molecule has 7 nitrogen and oxygen atoms in total. The molecule has 0 atom stereocenters. The van der Waals surface area contributed by atoms with E-state index in [0.717, 1.165) is 6.08 Å². The van der Waals surface area contributed by atoms with Gasteiger partial charge in [-0.25, -0.2) is 0 Å². The van der Waals surface area contributed by atoms with Crippen LogP contribution in [0.25, 0.3) is 6.08 Å². The van der Waals surface area contributed by atoms with Gasteiger partial charge in [0.15, 0.2) is 11.5 Å². The van der Waals surface area contributed by atoms with Gasteiger partial charge in [0.25, 0.3) is 5.69 Å². The second-order valence-electron chi connectivity index (χ2n) is 3.23. The Kier molecular flexibility index (Phi) is 4.25. The molecule has 0 aliphatic heterocycles. The summed E-state index contributed by atoms with van der Waals surface area (Å²) in [6.45, 7) is 0. The van der Waals surface area contributed by atoms with Crippen molar-refractivity contribution in [2.45, 2.75) is 0 Å². The van der Waals surface area contributed by atoms with Crippen molar-refractivity contribution in [1.82, 2.24) is 0 Å². The van der Waals surface area contributed by atoms with E-state index < -0.39 is 10.8 Å². The minimum atomic E-state index is -0.714. The standard InChI is InChI=1S/C11H12N2O5/c1-17-9-5-4-8(13(15)16)7(11(9)18-2)3-6-10(12)14/h3-6H,1-2H3,(H2,12,14)/b6-3+. The number of carbonyl (C=O) groups excluding carboxylic acids is 1. The lowest BCUT2D eigenvalue weighted by molar-refractivity contribution is -0.385. The molecule has 0 aliphatic carbocycles. The third-order valence-electron chi connectivity index (χ3n) is 2.17. The van der Waals surface area contributed by atoms with E-state index in [-0.39, 0.29) is 17.0 Å². The van der Waals surface area contributed by atoms with Crippen LogP contribution in [0.5, 0.6) is 11.5 Å². The second-order valence-corrected chi connectivity index (χ2v) is 3.23. The van der Waals surface area contributed by atoms with Crippen LogP contribution >= 0.6 is 0 Å². The van der Waals surface area contributed by atoms with E-state index in [2.05, 4.69) is 0 Å². The molecule has 2 N–H and O–H groups in total. The number of nitrogens with two attached hydrogens (primary N) is 1. The first kappa shape index (κ1) is 13.5. The summed E-state index contributed by atoms with van der Waals surface area (Å²) in [7, 11) is 2.76. The largest absolute Gasteiger partial charge is 0.493 e. The summed E-state index contributed by atoms with van der Waals surface area (Å²) in [5.41, 5.74) is 4.88. The van der Waals surface area contributed by atoms with Crippen LogP contribution in [0.3, 0.4) is 0 Å². The summed E-state index contributed by atoms with van der Waals surface area (Å²) in [6.07, 6.45) is 2.24. The Balaban J connectivity index is 3.47. The van der Waals surface area contributed by atoms with Gasteiger partial charge in [-0.15, -0.1) is 0 Å². The average molecular weight is 252 g/mol. The highest BCUT2D eigenvalue weighted by molar-refractivity contribution is 5.91. The van der Waals surface area contributed by atoms with Crippen LogP contribution in [0.15, 0.2) is 18.2 Å². The summed E-state index contributed by atoms with van der Waals surface area (Å²) in [6, 6.07) is 2.68. The maximum absolute atomic E-state index is 10.9. The molecular weight excluding hydrogens is 240 g/mol. The number of ether oxygens (including phenoxy) is 2. The fraction of sp³-hybridized carbons (Fsp3) is 0.182. The number of nitrogens with zero attached hydrogens (tertiary/aromatic N) is 1. The van der Waals surface area contributed by atoms with Crippen molar-refractivity contribution < 1.29 is 19.2 Å². The van der Waals surface area contributed by atoms with Crippen LogP contribution in [0.1, 0.15) is 5.56 Å². The quantitative estimate of drug-likeness (QED) is 0.480. The highest BCUT2D eigenvalue weighted by Gasteiger charge is 2.20. The molecule has 0 aromatic heterocycles. The minimum absolute atomic E-state index is 0.126. The number of rotatable bonds is 5. The van der Waals surface area contributed by atoms with Crippen LogP contribution in [0.2, 0.25) is 0 Å². The molecule has 18 heavy (non-hydrogen) atoms. The predicted octanol–water partition coefficient (Wildman–Crippen LogP) is 1.11. The van der Waals surface area contributed by atoms with Gasteiger partial charge in [0, 0.05) is 12.1 Å². The molecule has 1 aromatic carbocycles. The average Bonchev–Trinajstić information content (AvgIpc) is 2.34. The van der Waals surface area contributed by atoms with Gasteiger partial charge < -0.3 is 15.2 Å². The number of nitro benzene ring substituents is 1. The summed E-state index contributed by atoms with van der Waals surface area (Å²) in [4.78, 5) is 21.0. The van der Waals surface area contributed by atoms with Gasteiger partial charge >= 0.3 is 0 Å². The van der Waals surface area contributed by atoms with Crippen molar-refractivity contribution >= 4 is 17.7 Å². The van der Waals surface area contributed by atoms with Crippen LogP contribution in [0.4, 0.5) is 5.69 Å². The first-order valence-electron chi connectivity index (χ1n) is 4.88. The van der Waals surface area contributed by atoms with Gasteiger partial charge in [0.05, 0.1) is 24.7 Å². The SMILES string of the molecule is COc1ccc([N+](=O)[O-])c(/C=C/C(N)=O)c1OC. The van der Waals surface area contributed by atoms with Gasteiger partial charge in [-0.2, -0.15) is 0 Å². The fourth-order valence-electron chi connectivity index (χ4n) is 1.43. The Morgan fingerprint density at radius 3 is 2.50 bits per heavy atom. The van der Waals surface area contributed by atoms with E-state index in [9.17, 15) is 14.9 Å². The van der Waals surface area contributed by atoms with Gasteiger partial charge in [-0.05, 0) is 12.1 Å². The number of nitro groups is 1. The Hall–Kier alpha value is -2.57. The van der Waals surface area contributed by atoms with Gasteiger partial charge in [0.1, 0.15) is 0 Å². The van der Waals surface area contributed by atoms with Crippen LogP contribution in [-0.4, -0.2) is 25.1 Å². The van der Waals surface area contributed by atoms with E-state index in [1.165, 1.54) is 32.4 Å². The Labute approximate surface area is 103 Å². The third kappa shape index (κ3) is 2.76. The molecular formula is C11H12N2O5. The van der Waals surface area contributed by atoms with Crippen molar-refractivity contribution in [3.63, 3.8) is 0 Å². The molecule has 0 unspecified atom stereocenters. The second kappa shape index (κ2) is 5.67. The Morgan fingerprint density at radius 1 is 1.39 bits per heavy atom. The summed E-state index contributed by atoms with van der Waals surface area (Å²) >= 11 is 0. The number of primary amides is 1. The minimum Gasteiger partial charge on any atom is -0.493 e. The van der Waals surface area contributed by atoms with E-state index in [1.807, 2.05) is 0 Å². The van der Waals surface area contributed by atoms with E-state index in [4.69, 9.17) is 15.2 Å². The van der Waals surface area contributed by atoms with Crippen molar-refractivity contribution in [2.24, 2.45) is 5.73 Å². The van der Waals surface area contributed by atoms with E-state index in [0.29, 0.717) is 5.75 Å². The number of methoxy groups -OCH3 is 2. The highest BCUT2D eigenvalue weighted by atomic mass is 16.6. The molecule has 0 spiro atoms. The Morgan fingerprint density at radius 2 is 2.06 bits per heavy atom. The zero-order valence-electron chi connectivity index (χ0n) is 9.88. The van der Waals surface area contributed by atoms with Crippen molar-refractivity contribution in [3.8, 4) is 11.5 Å². The van der Waals surface area contributed by atoms with E-state index in [1.54, 1.807) is 0 Å². The smallest absolute Gasteiger partial charge is 0.280 e. The molecule has 0 saturated carbocycles. The normalized spacial score (nSPS) is 10.3. The zero-order chi connectivity index (χ0) is 13.7. The molecule has 0 radical (unpaired) electrons. The van der Waals surface area contributed by atoms with Gasteiger partial charge in [-0.3, -0.25) is 14.9 Å². The van der Waals surface area contributed by atoms with Crippen LogP contribution in [-0.2, 0) is 4.79 Å². The predicted molar refractivity (Wildman–Crippen MR) is 64.4 cm³/mol. The number of hydrogen-bond acceptors (Lipinski definition) is 5. The first-order valence-corrected chi connectivity index (χ1v) is 4.88. The molecule has 0 bridgehead atoms. The molecule has 0 fully saturated rings. The van der Waals surface area contributed by atoms with Crippen LogP contribution < -0.4 is 15.2 Å². The molecule has 0 aliphatic rings. The summed E-state index contributed by atoms with van der Waals surface area (Å²) < 4.78 is 10.1. The van der Waals surface area contributed by atoms with Crippen molar-refractivity contribution in [2.75, 3.05) is 14.2 Å². The fourth-order valence-corrected chi connectivity index (χ4v) is 1.43. The molecule has 1 aromatic rings. The number of benzene rings is 1. The molecule has 1 rings (SSSR count). The number of hydrogen-bond donors (Lipinski definition) is 1. The maximum atomic E-state index is 10.9. The lowest BCUT2D eigenvalue weighted by atomic mass is 10.1. The topological polar surface area (TPSA) is 105 Å². The van der Waals surface area contributed by atoms with Gasteiger partial charge in [0.2, 0.25) is 5.91 Å². The molecule has 7 heteroatoms. The Bertz CT molecular complexity index is 510. The van der Waals surface area contributed by atoms with Crippen molar-refractivity contribution in [3.05, 3.63) is 33.9 Å². The molecule has 96 valence electrons. The highest BCUT2D eigenvalue weighted by Crippen LogP contribution is 2.37. The molecule has 1 amide bonds. The summed E-state index contributed by atoms with van der Waals surface area (Å²) in [5.74, 6) is -0.217. The molecule has 0 saturated heterocycles. The van der Waals surface area contributed by atoms with Gasteiger partial charge in [-0.1, -0.05) is 0 Å². The first-order chi connectivity index (χ1) is 8.51. The monoisotopic (exact) mass is 252 g/mol. The molecule has 0 heterocycles. The lowest BCUT2D eigenvalue weighted by Crippen LogP contribution is -2.05. The zero-order valence-corrected chi connectivity index (χ0v) is 9.88. The maximum Gasteiger partial charge on any atom is 0.280 e. The van der Waals surface area contributed by atoms with E-state index >= 15 is 0 Å². The number of carbonyl (C=O) groups is 1. The number of amides is 1. The third-order valence-corrected chi connectivity index (χ3v) is 2.17. The summed E-state index contributed by atoms with van der Waals surface area (Å²) in [5, 5.41) is 10.9. The van der Waals surface area contributed by atoms with Crippen molar-refractivity contribution in [1.29, 1.82) is 0 Å². The van der Waals surface area contributed by atoms with Crippen LogP contribution in [0, 0.1) is 10.1 Å².